The summed E-state index contributed by atoms with van der Waals surface area (Å²) in [6.07, 6.45) is 3.17. The SMILES string of the molecule is Cc1nn(C)cc1C(=O)Nc1cnc(Cl)c(Br)c1. The number of halogens is 2. The van der Waals surface area contributed by atoms with Gasteiger partial charge in [-0.3, -0.25) is 9.48 Å². The topological polar surface area (TPSA) is 59.8 Å². The fourth-order valence-corrected chi connectivity index (χ4v) is 1.96. The number of carbonyl (C=O) groups is 1. The van der Waals surface area contributed by atoms with E-state index in [1.807, 2.05) is 0 Å². The highest BCUT2D eigenvalue weighted by atomic mass is 79.9. The lowest BCUT2D eigenvalue weighted by Crippen LogP contribution is -2.12. The number of rotatable bonds is 2. The number of hydrogen-bond acceptors (Lipinski definition) is 3. The van der Waals surface area contributed by atoms with Crippen molar-refractivity contribution in [2.24, 2.45) is 7.05 Å². The third kappa shape index (κ3) is 2.70. The predicted octanol–water partition coefficient (Wildman–Crippen LogP) is 2.79. The van der Waals surface area contributed by atoms with Gasteiger partial charge in [0.05, 0.1) is 27.6 Å². The lowest BCUT2D eigenvalue weighted by Gasteiger charge is -2.04. The Kier molecular flexibility index (Phi) is 3.68. The van der Waals surface area contributed by atoms with Crippen molar-refractivity contribution >= 4 is 39.1 Å². The number of hydrogen-bond donors (Lipinski definition) is 1. The van der Waals surface area contributed by atoms with Crippen LogP contribution in [0, 0.1) is 6.92 Å². The van der Waals surface area contributed by atoms with Crippen molar-refractivity contribution in [1.82, 2.24) is 14.8 Å². The van der Waals surface area contributed by atoms with Gasteiger partial charge in [-0.1, -0.05) is 11.6 Å². The van der Waals surface area contributed by atoms with E-state index in [2.05, 4.69) is 31.3 Å². The molecule has 0 unspecified atom stereocenters. The molecule has 0 fully saturated rings. The lowest BCUT2D eigenvalue weighted by atomic mass is 10.2. The highest BCUT2D eigenvalue weighted by Crippen LogP contribution is 2.23. The molecule has 7 heteroatoms. The molecule has 2 aromatic rings. The largest absolute Gasteiger partial charge is 0.320 e. The first-order valence-corrected chi connectivity index (χ1v) is 6.27. The first-order valence-electron chi connectivity index (χ1n) is 5.10. The average Bonchev–Trinajstić information content (AvgIpc) is 2.63. The summed E-state index contributed by atoms with van der Waals surface area (Å²) in [4.78, 5) is 15.9. The van der Waals surface area contributed by atoms with Crippen LogP contribution in [0.3, 0.4) is 0 Å². The fourth-order valence-electron chi connectivity index (χ4n) is 1.51. The first kappa shape index (κ1) is 13.0. The maximum atomic E-state index is 12.0. The first-order chi connectivity index (χ1) is 8.47. The quantitative estimate of drug-likeness (QED) is 0.862. The summed E-state index contributed by atoms with van der Waals surface area (Å²) in [5, 5.41) is 7.20. The third-order valence-electron chi connectivity index (χ3n) is 2.31. The maximum Gasteiger partial charge on any atom is 0.259 e. The second kappa shape index (κ2) is 5.07. The lowest BCUT2D eigenvalue weighted by molar-refractivity contribution is 0.102. The molecule has 2 heterocycles. The molecule has 0 aromatic carbocycles. The second-order valence-corrected chi connectivity index (χ2v) is 4.96. The molecule has 18 heavy (non-hydrogen) atoms. The summed E-state index contributed by atoms with van der Waals surface area (Å²) in [6, 6.07) is 1.69. The molecule has 0 bridgehead atoms. The molecule has 0 atom stereocenters. The molecular weight excluding hydrogens is 320 g/mol. The Morgan fingerprint density at radius 3 is 2.83 bits per heavy atom. The maximum absolute atomic E-state index is 12.0. The van der Waals surface area contributed by atoms with Crippen LogP contribution in [-0.4, -0.2) is 20.7 Å². The van der Waals surface area contributed by atoms with Crippen molar-refractivity contribution in [2.45, 2.75) is 6.92 Å². The van der Waals surface area contributed by atoms with Crippen LogP contribution in [0.1, 0.15) is 16.1 Å². The van der Waals surface area contributed by atoms with Crippen molar-refractivity contribution < 1.29 is 4.79 Å². The van der Waals surface area contributed by atoms with Gasteiger partial charge in [0.2, 0.25) is 0 Å². The van der Waals surface area contributed by atoms with Crippen LogP contribution in [0.5, 0.6) is 0 Å². The van der Waals surface area contributed by atoms with Crippen molar-refractivity contribution in [1.29, 1.82) is 0 Å². The highest BCUT2D eigenvalue weighted by Gasteiger charge is 2.13. The molecule has 0 radical (unpaired) electrons. The Balaban J connectivity index is 2.21. The number of nitrogens with one attached hydrogen (secondary N) is 1. The van der Waals surface area contributed by atoms with Crippen molar-refractivity contribution in [2.75, 3.05) is 5.32 Å². The normalized spacial score (nSPS) is 10.4. The smallest absolute Gasteiger partial charge is 0.259 e. The Labute approximate surface area is 117 Å². The van der Waals surface area contributed by atoms with Crippen molar-refractivity contribution in [3.05, 3.63) is 39.3 Å². The van der Waals surface area contributed by atoms with Gasteiger partial charge in [0, 0.05) is 13.2 Å². The summed E-state index contributed by atoms with van der Waals surface area (Å²) in [7, 11) is 1.77. The Bertz CT molecular complexity index is 611. The van der Waals surface area contributed by atoms with Crippen LogP contribution in [0.25, 0.3) is 0 Å². The summed E-state index contributed by atoms with van der Waals surface area (Å²) in [5.41, 5.74) is 1.78. The van der Waals surface area contributed by atoms with Gasteiger partial charge in [-0.25, -0.2) is 4.98 Å². The minimum absolute atomic E-state index is 0.225. The van der Waals surface area contributed by atoms with E-state index in [4.69, 9.17) is 11.6 Å². The summed E-state index contributed by atoms with van der Waals surface area (Å²) < 4.78 is 2.23. The molecule has 1 amide bonds. The molecule has 94 valence electrons. The summed E-state index contributed by atoms with van der Waals surface area (Å²) in [6.45, 7) is 1.78. The van der Waals surface area contributed by atoms with Crippen LogP contribution in [-0.2, 0) is 7.05 Å². The molecule has 0 aliphatic rings. The molecule has 1 N–H and O–H groups in total. The van der Waals surface area contributed by atoms with Crippen LogP contribution >= 0.6 is 27.5 Å². The van der Waals surface area contributed by atoms with E-state index in [-0.39, 0.29) is 5.91 Å². The number of nitrogens with zero attached hydrogens (tertiary/aromatic N) is 3. The van der Waals surface area contributed by atoms with Gasteiger partial charge < -0.3 is 5.32 Å². The number of aryl methyl sites for hydroxylation is 2. The van der Waals surface area contributed by atoms with E-state index >= 15 is 0 Å². The number of amides is 1. The third-order valence-corrected chi connectivity index (χ3v) is 3.45. The molecule has 2 rings (SSSR count). The van der Waals surface area contributed by atoms with Gasteiger partial charge in [0.15, 0.2) is 0 Å². The van der Waals surface area contributed by atoms with Gasteiger partial charge in [-0.2, -0.15) is 5.10 Å². The minimum Gasteiger partial charge on any atom is -0.320 e. The van der Waals surface area contributed by atoms with E-state index in [9.17, 15) is 4.79 Å². The summed E-state index contributed by atoms with van der Waals surface area (Å²) >= 11 is 9.03. The predicted molar refractivity (Wildman–Crippen MR) is 72.8 cm³/mol. The molecule has 0 aliphatic heterocycles. The van der Waals surface area contributed by atoms with Crippen LogP contribution in [0.4, 0.5) is 5.69 Å². The van der Waals surface area contributed by atoms with Gasteiger partial charge in [0.1, 0.15) is 5.15 Å². The molecule has 0 saturated carbocycles. The molecule has 2 aromatic heterocycles. The van der Waals surface area contributed by atoms with Crippen LogP contribution < -0.4 is 5.32 Å². The molecule has 0 saturated heterocycles. The average molecular weight is 330 g/mol. The van der Waals surface area contributed by atoms with E-state index in [0.29, 0.717) is 26.6 Å². The zero-order chi connectivity index (χ0) is 13.3. The Morgan fingerprint density at radius 2 is 2.28 bits per heavy atom. The van der Waals surface area contributed by atoms with Crippen LogP contribution in [0.2, 0.25) is 5.15 Å². The molecule has 0 aliphatic carbocycles. The number of aromatic nitrogens is 3. The fraction of sp³-hybridized carbons (Fsp3) is 0.182. The van der Waals surface area contributed by atoms with Crippen molar-refractivity contribution in [3.63, 3.8) is 0 Å². The van der Waals surface area contributed by atoms with Gasteiger partial charge in [-0.05, 0) is 28.9 Å². The van der Waals surface area contributed by atoms with Crippen LogP contribution in [0.15, 0.2) is 22.9 Å². The number of pyridine rings is 1. The van der Waals surface area contributed by atoms with E-state index in [0.717, 1.165) is 0 Å². The zero-order valence-corrected chi connectivity index (χ0v) is 12.1. The Hall–Kier alpha value is -1.40. The van der Waals surface area contributed by atoms with E-state index in [1.54, 1.807) is 30.9 Å². The van der Waals surface area contributed by atoms with E-state index in [1.165, 1.54) is 6.20 Å². The van der Waals surface area contributed by atoms with Gasteiger partial charge in [0.25, 0.3) is 5.91 Å². The van der Waals surface area contributed by atoms with Crippen molar-refractivity contribution in [3.8, 4) is 0 Å². The monoisotopic (exact) mass is 328 g/mol. The Morgan fingerprint density at radius 1 is 1.56 bits per heavy atom. The molecular formula is C11H10BrClN4O. The summed E-state index contributed by atoms with van der Waals surface area (Å²) in [5.74, 6) is -0.225. The minimum atomic E-state index is -0.225. The molecule has 5 nitrogen and oxygen atoms in total. The number of carbonyl (C=O) groups excluding carboxylic acids is 1. The van der Waals surface area contributed by atoms with E-state index < -0.39 is 0 Å². The number of anilines is 1. The standard InChI is InChI=1S/C11H10BrClN4O/c1-6-8(5-17(2)16-6)11(18)15-7-3-9(12)10(13)14-4-7/h3-5H,1-2H3,(H,15,18). The zero-order valence-electron chi connectivity index (χ0n) is 9.74. The van der Waals surface area contributed by atoms with Gasteiger partial charge in [-0.15, -0.1) is 0 Å². The molecule has 0 spiro atoms. The highest BCUT2D eigenvalue weighted by molar-refractivity contribution is 9.10. The second-order valence-electron chi connectivity index (χ2n) is 3.75. The van der Waals surface area contributed by atoms with Gasteiger partial charge >= 0.3 is 0 Å².